The van der Waals surface area contributed by atoms with Crippen molar-refractivity contribution in [1.29, 1.82) is 0 Å². The summed E-state index contributed by atoms with van der Waals surface area (Å²) in [6, 6.07) is 0.995. The van der Waals surface area contributed by atoms with E-state index in [1.807, 2.05) is 6.92 Å². The lowest BCUT2D eigenvalue weighted by Gasteiger charge is -2.30. The average Bonchev–Trinajstić information content (AvgIpc) is 2.73. The van der Waals surface area contributed by atoms with Crippen LogP contribution in [0.25, 0.3) is 0 Å². The van der Waals surface area contributed by atoms with Crippen molar-refractivity contribution in [2.75, 3.05) is 19.8 Å². The Morgan fingerprint density at radius 2 is 1.93 bits per heavy atom. The standard InChI is InChI=1S/C22H32BrF3N2O2/c1-15(21-19(23)12-18(14-28-21)22(24,25)26)27-13-17-7-5-16(6-8-17)9-11-30-20-4-2-3-10-29-20/h12,14-17,20,27H,2-11,13H2,1H3. The van der Waals surface area contributed by atoms with Crippen molar-refractivity contribution in [3.8, 4) is 0 Å². The summed E-state index contributed by atoms with van der Waals surface area (Å²) < 4.78 is 50.3. The van der Waals surface area contributed by atoms with E-state index in [2.05, 4.69) is 26.2 Å². The molecular formula is C22H32BrF3N2O2. The second kappa shape index (κ2) is 11.2. The third kappa shape index (κ3) is 7.18. The monoisotopic (exact) mass is 492 g/mol. The maximum Gasteiger partial charge on any atom is 0.417 e. The number of halogens is 4. The molecule has 1 aliphatic carbocycles. The Labute approximate surface area is 185 Å². The van der Waals surface area contributed by atoms with Crippen LogP contribution in [0, 0.1) is 11.8 Å². The van der Waals surface area contributed by atoms with Crippen molar-refractivity contribution in [3.05, 3.63) is 28.0 Å². The molecule has 0 spiro atoms. The van der Waals surface area contributed by atoms with Crippen LogP contribution in [0.5, 0.6) is 0 Å². The first-order valence-electron chi connectivity index (χ1n) is 11.0. The van der Waals surface area contributed by atoms with Crippen molar-refractivity contribution in [1.82, 2.24) is 10.3 Å². The van der Waals surface area contributed by atoms with Gasteiger partial charge in [-0.05, 0) is 85.8 Å². The molecule has 2 heterocycles. The maximum atomic E-state index is 12.8. The van der Waals surface area contributed by atoms with Crippen molar-refractivity contribution < 1.29 is 22.6 Å². The quantitative estimate of drug-likeness (QED) is 0.465. The van der Waals surface area contributed by atoms with Crippen LogP contribution in [0.2, 0.25) is 0 Å². The number of nitrogens with zero attached hydrogens (tertiary/aromatic N) is 1. The van der Waals surface area contributed by atoms with E-state index >= 15 is 0 Å². The highest BCUT2D eigenvalue weighted by molar-refractivity contribution is 9.10. The molecule has 1 saturated heterocycles. The van der Waals surface area contributed by atoms with Gasteiger partial charge in [0.15, 0.2) is 6.29 Å². The summed E-state index contributed by atoms with van der Waals surface area (Å²) in [4.78, 5) is 4.04. The van der Waals surface area contributed by atoms with E-state index in [9.17, 15) is 13.2 Å². The van der Waals surface area contributed by atoms with Gasteiger partial charge in [0.25, 0.3) is 0 Å². The third-order valence-electron chi connectivity index (χ3n) is 6.25. The van der Waals surface area contributed by atoms with E-state index in [1.165, 1.54) is 32.1 Å². The Morgan fingerprint density at radius 1 is 1.20 bits per heavy atom. The summed E-state index contributed by atoms with van der Waals surface area (Å²) in [6.45, 7) is 4.40. The smallest absolute Gasteiger partial charge is 0.353 e. The SMILES string of the molecule is CC(NCC1CCC(CCOC2CCCCO2)CC1)c1ncc(C(F)(F)F)cc1Br. The predicted molar refractivity (Wildman–Crippen MR) is 113 cm³/mol. The molecule has 2 unspecified atom stereocenters. The lowest BCUT2D eigenvalue weighted by molar-refractivity contribution is -0.164. The molecule has 1 aromatic rings. The summed E-state index contributed by atoms with van der Waals surface area (Å²) >= 11 is 3.24. The van der Waals surface area contributed by atoms with E-state index in [0.29, 0.717) is 22.0 Å². The van der Waals surface area contributed by atoms with Gasteiger partial charge in [-0.2, -0.15) is 13.2 Å². The lowest BCUT2D eigenvalue weighted by atomic mass is 9.80. The molecule has 4 nitrogen and oxygen atoms in total. The molecule has 2 atom stereocenters. The normalized spacial score (nSPS) is 26.5. The van der Waals surface area contributed by atoms with Crippen LogP contribution in [-0.4, -0.2) is 31.0 Å². The third-order valence-corrected chi connectivity index (χ3v) is 6.89. The second-order valence-electron chi connectivity index (χ2n) is 8.56. The van der Waals surface area contributed by atoms with E-state index in [0.717, 1.165) is 51.3 Å². The number of ether oxygens (including phenoxy) is 2. The highest BCUT2D eigenvalue weighted by Crippen LogP contribution is 2.34. The van der Waals surface area contributed by atoms with Gasteiger partial charge in [0, 0.05) is 29.9 Å². The van der Waals surface area contributed by atoms with Gasteiger partial charge in [-0.15, -0.1) is 0 Å². The van der Waals surface area contributed by atoms with Crippen LogP contribution in [-0.2, 0) is 15.7 Å². The van der Waals surface area contributed by atoms with E-state index in [4.69, 9.17) is 9.47 Å². The lowest BCUT2D eigenvalue weighted by Crippen LogP contribution is -2.29. The number of hydrogen-bond acceptors (Lipinski definition) is 4. The number of nitrogens with one attached hydrogen (secondary N) is 1. The molecule has 170 valence electrons. The van der Waals surface area contributed by atoms with Gasteiger partial charge in [-0.1, -0.05) is 12.8 Å². The van der Waals surface area contributed by atoms with Crippen LogP contribution in [0.4, 0.5) is 13.2 Å². The van der Waals surface area contributed by atoms with Crippen molar-refractivity contribution >= 4 is 15.9 Å². The van der Waals surface area contributed by atoms with Crippen LogP contribution < -0.4 is 5.32 Å². The first kappa shape index (κ1) is 24.0. The predicted octanol–water partition coefficient (Wildman–Crippen LogP) is 6.25. The Kier molecular flexibility index (Phi) is 8.98. The fraction of sp³-hybridized carbons (Fsp3) is 0.773. The zero-order valence-corrected chi connectivity index (χ0v) is 19.1. The molecule has 8 heteroatoms. The molecule has 0 bridgehead atoms. The highest BCUT2D eigenvalue weighted by Gasteiger charge is 2.32. The van der Waals surface area contributed by atoms with Gasteiger partial charge in [-0.3, -0.25) is 4.98 Å². The minimum Gasteiger partial charge on any atom is -0.353 e. The molecule has 2 aliphatic rings. The van der Waals surface area contributed by atoms with Crippen molar-refractivity contribution in [2.24, 2.45) is 11.8 Å². The molecule has 0 amide bonds. The zero-order chi connectivity index (χ0) is 21.6. The Balaban J connectivity index is 1.35. The van der Waals surface area contributed by atoms with Gasteiger partial charge >= 0.3 is 6.18 Å². The minimum atomic E-state index is -4.38. The van der Waals surface area contributed by atoms with E-state index < -0.39 is 11.7 Å². The highest BCUT2D eigenvalue weighted by atomic mass is 79.9. The summed E-state index contributed by atoms with van der Waals surface area (Å²) in [5.74, 6) is 1.31. The first-order valence-corrected chi connectivity index (χ1v) is 11.8. The van der Waals surface area contributed by atoms with Crippen molar-refractivity contribution in [2.45, 2.75) is 76.8 Å². The number of rotatable bonds is 8. The molecule has 30 heavy (non-hydrogen) atoms. The summed E-state index contributed by atoms with van der Waals surface area (Å²) in [5.41, 5.74) is -0.124. The first-order chi connectivity index (χ1) is 14.3. The topological polar surface area (TPSA) is 43.4 Å². The van der Waals surface area contributed by atoms with Crippen LogP contribution >= 0.6 is 15.9 Å². The molecule has 3 rings (SSSR count). The van der Waals surface area contributed by atoms with Gasteiger partial charge in [0.05, 0.1) is 11.3 Å². The van der Waals surface area contributed by atoms with E-state index in [1.54, 1.807) is 0 Å². The fourth-order valence-corrected chi connectivity index (χ4v) is 4.99. The molecule has 0 aromatic carbocycles. The number of pyridine rings is 1. The molecule has 1 aliphatic heterocycles. The summed E-state index contributed by atoms with van der Waals surface area (Å²) in [6.07, 6.45) is 5.73. The molecule has 0 radical (unpaired) electrons. The Morgan fingerprint density at radius 3 is 2.57 bits per heavy atom. The van der Waals surface area contributed by atoms with Crippen LogP contribution in [0.1, 0.15) is 75.6 Å². The van der Waals surface area contributed by atoms with Gasteiger partial charge < -0.3 is 14.8 Å². The number of alkyl halides is 3. The average molecular weight is 493 g/mol. The summed E-state index contributed by atoms with van der Waals surface area (Å²) in [7, 11) is 0. The van der Waals surface area contributed by atoms with Gasteiger partial charge in [0.1, 0.15) is 0 Å². The summed E-state index contributed by atoms with van der Waals surface area (Å²) in [5, 5.41) is 3.45. The van der Waals surface area contributed by atoms with Crippen molar-refractivity contribution in [3.63, 3.8) is 0 Å². The fourth-order valence-electron chi connectivity index (χ4n) is 4.30. The molecular weight excluding hydrogens is 461 g/mol. The van der Waals surface area contributed by atoms with Crippen LogP contribution in [0.3, 0.4) is 0 Å². The molecule has 1 N–H and O–H groups in total. The Bertz CT molecular complexity index is 660. The minimum absolute atomic E-state index is 0.00101. The number of hydrogen-bond donors (Lipinski definition) is 1. The Hall–Kier alpha value is -0.700. The van der Waals surface area contributed by atoms with Gasteiger partial charge in [0.2, 0.25) is 0 Å². The molecule has 2 fully saturated rings. The molecule has 1 aromatic heterocycles. The largest absolute Gasteiger partial charge is 0.417 e. The maximum absolute atomic E-state index is 12.8. The zero-order valence-electron chi connectivity index (χ0n) is 17.5. The van der Waals surface area contributed by atoms with Gasteiger partial charge in [-0.25, -0.2) is 0 Å². The second-order valence-corrected chi connectivity index (χ2v) is 9.42. The van der Waals surface area contributed by atoms with E-state index in [-0.39, 0.29) is 12.3 Å². The molecule has 1 saturated carbocycles. The number of aromatic nitrogens is 1. The van der Waals surface area contributed by atoms with Crippen LogP contribution in [0.15, 0.2) is 16.7 Å².